The van der Waals surface area contributed by atoms with Gasteiger partial charge in [0.1, 0.15) is 11.7 Å². The number of ether oxygens (including phenoxy) is 1. The zero-order valence-corrected chi connectivity index (χ0v) is 10.8. The van der Waals surface area contributed by atoms with Crippen molar-refractivity contribution in [1.82, 2.24) is 15.2 Å². The molecule has 8 heteroatoms. The molecule has 0 radical (unpaired) electrons. The smallest absolute Gasteiger partial charge is 0.421 e. The zero-order valence-electron chi connectivity index (χ0n) is 10.8. The fourth-order valence-corrected chi connectivity index (χ4v) is 1.80. The molecular formula is C12H14F3N3O2. The molecule has 5 nitrogen and oxygen atoms in total. The van der Waals surface area contributed by atoms with Gasteiger partial charge in [-0.15, -0.1) is 0 Å². The van der Waals surface area contributed by atoms with Crippen molar-refractivity contribution in [2.24, 2.45) is 0 Å². The second-order valence-corrected chi connectivity index (χ2v) is 4.33. The third-order valence-electron chi connectivity index (χ3n) is 2.82. The first-order valence-corrected chi connectivity index (χ1v) is 6.13. The number of carbonyl (C=O) groups excluding carboxylic acids is 1. The minimum atomic E-state index is -4.51. The topological polar surface area (TPSA) is 54.5 Å². The minimum Gasteiger partial charge on any atom is -0.470 e. The molecule has 0 spiro atoms. The molecule has 0 saturated carbocycles. The normalized spacial score (nSPS) is 15.7. The van der Waals surface area contributed by atoms with Crippen molar-refractivity contribution in [3.8, 4) is 5.88 Å². The maximum atomic E-state index is 12.7. The summed E-state index contributed by atoms with van der Waals surface area (Å²) in [4.78, 5) is 16.5. The fraction of sp³-hybridized carbons (Fsp3) is 0.500. The summed E-state index contributed by atoms with van der Waals surface area (Å²) < 4.78 is 43.4. The van der Waals surface area contributed by atoms with Crippen LogP contribution in [0.15, 0.2) is 18.3 Å². The summed E-state index contributed by atoms with van der Waals surface area (Å²) in [6.07, 6.45) is -3.73. The highest BCUT2D eigenvalue weighted by atomic mass is 19.4. The number of carbonyl (C=O) groups is 1. The molecule has 2 rings (SSSR count). The van der Waals surface area contributed by atoms with E-state index < -0.39 is 23.7 Å². The van der Waals surface area contributed by atoms with Gasteiger partial charge in [-0.2, -0.15) is 13.2 Å². The molecule has 0 bridgehead atoms. The predicted molar refractivity (Wildman–Crippen MR) is 64.3 cm³/mol. The highest BCUT2D eigenvalue weighted by Gasteiger charge is 2.38. The number of hydrogen-bond donors (Lipinski definition) is 1. The Morgan fingerprint density at radius 3 is 2.85 bits per heavy atom. The van der Waals surface area contributed by atoms with E-state index in [9.17, 15) is 18.0 Å². The van der Waals surface area contributed by atoms with E-state index in [1.807, 2.05) is 0 Å². The van der Waals surface area contributed by atoms with Crippen LogP contribution in [0, 0.1) is 0 Å². The van der Waals surface area contributed by atoms with Crippen LogP contribution in [-0.2, 0) is 6.18 Å². The van der Waals surface area contributed by atoms with Gasteiger partial charge in [-0.05, 0) is 19.1 Å². The second-order valence-electron chi connectivity index (χ2n) is 4.33. The monoisotopic (exact) mass is 289 g/mol. The molecule has 1 aliphatic heterocycles. The summed E-state index contributed by atoms with van der Waals surface area (Å²) >= 11 is 0. The van der Waals surface area contributed by atoms with E-state index >= 15 is 0 Å². The Kier molecular flexibility index (Phi) is 4.01. The number of amides is 2. The average Bonchev–Trinajstić information content (AvgIpc) is 2.32. The maximum Gasteiger partial charge on any atom is 0.421 e. The van der Waals surface area contributed by atoms with Gasteiger partial charge in [-0.1, -0.05) is 0 Å². The summed E-state index contributed by atoms with van der Waals surface area (Å²) in [7, 11) is 0. The Balaban J connectivity index is 1.95. The molecule has 1 fully saturated rings. The number of likely N-dealkylation sites (tertiary alicyclic amines) is 1. The zero-order chi connectivity index (χ0) is 14.8. The van der Waals surface area contributed by atoms with Gasteiger partial charge in [-0.3, -0.25) is 0 Å². The summed E-state index contributed by atoms with van der Waals surface area (Å²) in [5.41, 5.74) is -0.906. The SMILES string of the molecule is CCNC(=O)N1CC(Oc2ncccc2C(F)(F)F)C1. The minimum absolute atomic E-state index is 0.246. The molecule has 1 saturated heterocycles. The van der Waals surface area contributed by atoms with Gasteiger partial charge in [0, 0.05) is 12.7 Å². The van der Waals surface area contributed by atoms with Crippen LogP contribution in [0.3, 0.4) is 0 Å². The van der Waals surface area contributed by atoms with Gasteiger partial charge in [0.2, 0.25) is 5.88 Å². The number of halogens is 3. The molecule has 1 aromatic rings. The number of hydrogen-bond acceptors (Lipinski definition) is 3. The highest BCUT2D eigenvalue weighted by Crippen LogP contribution is 2.35. The molecule has 1 aromatic heterocycles. The Hall–Kier alpha value is -1.99. The quantitative estimate of drug-likeness (QED) is 0.924. The number of alkyl halides is 3. The number of aromatic nitrogens is 1. The van der Waals surface area contributed by atoms with Gasteiger partial charge < -0.3 is 15.0 Å². The van der Waals surface area contributed by atoms with E-state index in [4.69, 9.17) is 4.74 Å². The van der Waals surface area contributed by atoms with Crippen molar-refractivity contribution in [3.05, 3.63) is 23.9 Å². The number of pyridine rings is 1. The molecule has 0 atom stereocenters. The third kappa shape index (κ3) is 3.12. The predicted octanol–water partition coefficient (Wildman–Crippen LogP) is 1.89. The van der Waals surface area contributed by atoms with Crippen LogP contribution < -0.4 is 10.1 Å². The molecule has 20 heavy (non-hydrogen) atoms. The lowest BCUT2D eigenvalue weighted by Crippen LogP contribution is -2.59. The molecule has 1 aliphatic rings. The fourth-order valence-electron chi connectivity index (χ4n) is 1.80. The van der Waals surface area contributed by atoms with Crippen molar-refractivity contribution in [3.63, 3.8) is 0 Å². The van der Waals surface area contributed by atoms with E-state index in [1.54, 1.807) is 6.92 Å². The molecule has 110 valence electrons. The molecule has 1 N–H and O–H groups in total. The van der Waals surface area contributed by atoms with Gasteiger partial charge in [-0.25, -0.2) is 9.78 Å². The first kappa shape index (κ1) is 14.4. The lowest BCUT2D eigenvalue weighted by atomic mass is 10.2. The van der Waals surface area contributed by atoms with Crippen LogP contribution in [0.5, 0.6) is 5.88 Å². The van der Waals surface area contributed by atoms with Gasteiger partial charge in [0.15, 0.2) is 0 Å². The Morgan fingerprint density at radius 1 is 1.55 bits per heavy atom. The summed E-state index contributed by atoms with van der Waals surface area (Å²) in [5.74, 6) is -0.444. The molecule has 0 aliphatic carbocycles. The number of rotatable bonds is 3. The lowest BCUT2D eigenvalue weighted by Gasteiger charge is -2.38. The van der Waals surface area contributed by atoms with E-state index in [0.29, 0.717) is 6.54 Å². The summed E-state index contributed by atoms with van der Waals surface area (Å²) in [6, 6.07) is 1.88. The van der Waals surface area contributed by atoms with Crippen molar-refractivity contribution >= 4 is 6.03 Å². The van der Waals surface area contributed by atoms with E-state index in [1.165, 1.54) is 17.2 Å². The lowest BCUT2D eigenvalue weighted by molar-refractivity contribution is -0.140. The molecular weight excluding hydrogens is 275 g/mol. The van der Waals surface area contributed by atoms with Crippen molar-refractivity contribution in [2.75, 3.05) is 19.6 Å². The van der Waals surface area contributed by atoms with E-state index in [-0.39, 0.29) is 19.1 Å². The Labute approximate surface area is 113 Å². The van der Waals surface area contributed by atoms with Crippen molar-refractivity contribution in [1.29, 1.82) is 0 Å². The number of nitrogens with one attached hydrogen (secondary N) is 1. The average molecular weight is 289 g/mol. The highest BCUT2D eigenvalue weighted by molar-refractivity contribution is 5.75. The van der Waals surface area contributed by atoms with E-state index in [0.717, 1.165) is 6.07 Å². The van der Waals surface area contributed by atoms with E-state index in [2.05, 4.69) is 10.3 Å². The number of urea groups is 1. The summed E-state index contributed by atoms with van der Waals surface area (Å²) in [5, 5.41) is 2.60. The molecule has 2 heterocycles. The number of nitrogens with zero attached hydrogens (tertiary/aromatic N) is 2. The first-order chi connectivity index (χ1) is 9.41. The maximum absolute atomic E-state index is 12.7. The standard InChI is InChI=1S/C12H14F3N3O2/c1-2-16-11(19)18-6-8(7-18)20-10-9(12(13,14)15)4-3-5-17-10/h3-5,8H,2,6-7H2,1H3,(H,16,19). The van der Waals surface area contributed by atoms with Gasteiger partial charge >= 0.3 is 12.2 Å². The van der Waals surface area contributed by atoms with Crippen LogP contribution >= 0.6 is 0 Å². The molecule has 0 unspecified atom stereocenters. The summed E-state index contributed by atoms with van der Waals surface area (Å²) in [6.45, 7) is 2.79. The van der Waals surface area contributed by atoms with Crippen LogP contribution in [0.25, 0.3) is 0 Å². The Morgan fingerprint density at radius 2 is 2.25 bits per heavy atom. The molecule has 2 amide bonds. The van der Waals surface area contributed by atoms with Crippen LogP contribution in [0.2, 0.25) is 0 Å². The van der Waals surface area contributed by atoms with Crippen LogP contribution in [0.1, 0.15) is 12.5 Å². The van der Waals surface area contributed by atoms with Crippen molar-refractivity contribution < 1.29 is 22.7 Å². The Bertz CT molecular complexity index is 487. The van der Waals surface area contributed by atoms with Crippen LogP contribution in [-0.4, -0.2) is 41.7 Å². The second kappa shape index (κ2) is 5.56. The largest absolute Gasteiger partial charge is 0.470 e. The van der Waals surface area contributed by atoms with Gasteiger partial charge in [0.05, 0.1) is 13.1 Å². The third-order valence-corrected chi connectivity index (χ3v) is 2.82. The van der Waals surface area contributed by atoms with Crippen LogP contribution in [0.4, 0.5) is 18.0 Å². The molecule has 0 aromatic carbocycles. The van der Waals surface area contributed by atoms with Crippen molar-refractivity contribution in [2.45, 2.75) is 19.2 Å². The first-order valence-electron chi connectivity index (χ1n) is 6.13. The van der Waals surface area contributed by atoms with Gasteiger partial charge in [0.25, 0.3) is 0 Å².